The van der Waals surface area contributed by atoms with E-state index in [0.29, 0.717) is 46.7 Å². The number of nitrogens with zero attached hydrogens (tertiary/aromatic N) is 5. The van der Waals surface area contributed by atoms with E-state index in [0.717, 1.165) is 11.3 Å². The van der Waals surface area contributed by atoms with Crippen LogP contribution in [0, 0.1) is 0 Å². The van der Waals surface area contributed by atoms with Gasteiger partial charge in [0.25, 0.3) is 5.91 Å². The third-order valence-corrected chi connectivity index (χ3v) is 9.47. The predicted molar refractivity (Wildman–Crippen MR) is 169 cm³/mol. The molecule has 2 aromatic carbocycles. The van der Waals surface area contributed by atoms with Crippen LogP contribution in [0.2, 0.25) is 10.0 Å². The molecule has 0 spiro atoms. The number of thiol groups is 1. The summed E-state index contributed by atoms with van der Waals surface area (Å²) in [4.78, 5) is 32.2. The van der Waals surface area contributed by atoms with Crippen LogP contribution >= 0.6 is 47.6 Å². The van der Waals surface area contributed by atoms with Gasteiger partial charge < -0.3 is 19.6 Å². The number of carbonyl (C=O) groups excluding carboxylic acids is 2. The van der Waals surface area contributed by atoms with Crippen molar-refractivity contribution in [2.75, 3.05) is 46.4 Å². The molecule has 2 atom stereocenters. The largest absolute Gasteiger partial charge is 0.497 e. The van der Waals surface area contributed by atoms with Crippen LogP contribution in [0.3, 0.4) is 0 Å². The second kappa shape index (κ2) is 13.3. The highest BCUT2D eigenvalue weighted by molar-refractivity contribution is 8.14. The van der Waals surface area contributed by atoms with Crippen LogP contribution in [-0.2, 0) is 21.7 Å². The second-order valence-corrected chi connectivity index (χ2v) is 13.0. The van der Waals surface area contributed by atoms with Crippen molar-refractivity contribution >= 4 is 65.5 Å². The van der Waals surface area contributed by atoms with Gasteiger partial charge in [0.1, 0.15) is 22.6 Å². The number of piperazine rings is 1. The molecule has 2 aliphatic heterocycles. The molecule has 42 heavy (non-hydrogen) atoms. The maximum absolute atomic E-state index is 13.2. The van der Waals surface area contributed by atoms with E-state index in [4.69, 9.17) is 27.9 Å². The molecule has 0 saturated carbocycles. The quantitative estimate of drug-likeness (QED) is 0.267. The van der Waals surface area contributed by atoms with Crippen LogP contribution in [0.5, 0.6) is 5.75 Å². The Labute approximate surface area is 264 Å². The van der Waals surface area contributed by atoms with Gasteiger partial charge in [-0.1, -0.05) is 53.2 Å². The van der Waals surface area contributed by atoms with Crippen LogP contribution in [-0.4, -0.2) is 92.5 Å². The predicted octanol–water partition coefficient (Wildman–Crippen LogP) is 4.06. The summed E-state index contributed by atoms with van der Waals surface area (Å²) < 4.78 is 6.41. The summed E-state index contributed by atoms with van der Waals surface area (Å²) >= 11 is 18.5. The van der Waals surface area contributed by atoms with Gasteiger partial charge in [0.15, 0.2) is 0 Å². The summed E-state index contributed by atoms with van der Waals surface area (Å²) in [6, 6.07) is 14.3. The molecule has 2 amide bonds. The number of ether oxygens (including phenoxy) is 1. The Morgan fingerprint density at radius 1 is 1.17 bits per heavy atom. The number of hydrogen-bond donors (Lipinski definition) is 2. The molecule has 1 aromatic heterocycles. The molecule has 2 fully saturated rings. The Balaban J connectivity index is 1.20. The van der Waals surface area contributed by atoms with Gasteiger partial charge in [0, 0.05) is 60.7 Å². The van der Waals surface area contributed by atoms with Crippen molar-refractivity contribution < 1.29 is 19.4 Å². The lowest BCUT2D eigenvalue weighted by atomic mass is 9.92. The minimum Gasteiger partial charge on any atom is -0.497 e. The van der Waals surface area contributed by atoms with Gasteiger partial charge in [0.2, 0.25) is 5.91 Å². The number of halogens is 2. The fraction of sp³-hybridized carbons (Fsp3) is 0.345. The zero-order valence-electron chi connectivity index (χ0n) is 22.9. The molecule has 2 unspecified atom stereocenters. The fourth-order valence-corrected chi connectivity index (χ4v) is 7.15. The van der Waals surface area contributed by atoms with Crippen molar-refractivity contribution in [2.24, 2.45) is 0 Å². The monoisotopic (exact) mass is 647 g/mol. The van der Waals surface area contributed by atoms with Gasteiger partial charge in [-0.15, -0.1) is 12.6 Å². The first-order valence-corrected chi connectivity index (χ1v) is 15.5. The zero-order valence-corrected chi connectivity index (χ0v) is 26.1. The van der Waals surface area contributed by atoms with Crippen molar-refractivity contribution in [2.45, 2.75) is 16.9 Å². The van der Waals surface area contributed by atoms with E-state index >= 15 is 0 Å². The molecule has 1 N–H and O–H groups in total. The minimum atomic E-state index is -1.34. The Morgan fingerprint density at radius 2 is 1.90 bits per heavy atom. The molecule has 3 aromatic rings. The van der Waals surface area contributed by atoms with E-state index in [1.807, 2.05) is 24.3 Å². The Kier molecular flexibility index (Phi) is 9.76. The number of carbonyl (C=O) groups is 2. The summed E-state index contributed by atoms with van der Waals surface area (Å²) in [5.41, 5.74) is 0.0834. The summed E-state index contributed by atoms with van der Waals surface area (Å²) in [6.45, 7) is 2.46. The highest BCUT2D eigenvalue weighted by Gasteiger charge is 2.38. The van der Waals surface area contributed by atoms with Gasteiger partial charge in [-0.25, -0.2) is 0 Å². The number of rotatable bonds is 9. The smallest absolute Gasteiger partial charge is 0.262 e. The lowest BCUT2D eigenvalue weighted by Crippen LogP contribution is -2.55. The maximum atomic E-state index is 13.2. The Hall–Kier alpha value is -2.67. The normalized spacial score (nSPS) is 20.3. The molecular formula is C29H31Cl2N5O4S2. The van der Waals surface area contributed by atoms with E-state index in [9.17, 15) is 14.7 Å². The first-order valence-electron chi connectivity index (χ1n) is 13.3. The molecule has 3 heterocycles. The maximum Gasteiger partial charge on any atom is 0.262 e. The number of aromatic nitrogens is 2. The number of amides is 2. The van der Waals surface area contributed by atoms with Crippen molar-refractivity contribution in [1.82, 2.24) is 24.5 Å². The standard InChI is InChI=1S/C29H31Cl2N5O4S2/c1-40-22-6-3-20(4-7-22)15-25-27(38)36(28(41)42-25)17-26(37)34-13-11-33(12-14-34)18-29(39,19-35-10-2-9-32-35)23-8-5-21(30)16-24(23)31/h2-10,15-16,28,39,41H,11-14,17-19H2,1H3. The number of methoxy groups -OCH3 is 1. The Bertz CT molecular complexity index is 1450. The van der Waals surface area contributed by atoms with Crippen LogP contribution < -0.4 is 4.74 Å². The third kappa shape index (κ3) is 7.10. The van der Waals surface area contributed by atoms with E-state index < -0.39 is 10.3 Å². The number of β-amino-alcohol motifs (C(OH)–C–C–N with tert-alkyl or cyclic N) is 1. The van der Waals surface area contributed by atoms with E-state index in [1.54, 1.807) is 59.4 Å². The van der Waals surface area contributed by atoms with E-state index in [1.165, 1.54) is 16.7 Å². The molecule has 9 nitrogen and oxygen atoms in total. The second-order valence-electron chi connectivity index (χ2n) is 10.2. The van der Waals surface area contributed by atoms with Crippen molar-refractivity contribution in [3.05, 3.63) is 87.0 Å². The SMILES string of the molecule is COc1ccc(C=C2SC(S)N(CC(=O)N3CCN(CC(O)(Cn4cccn4)c4ccc(Cl)cc4Cl)CC3)C2=O)cc1. The van der Waals surface area contributed by atoms with Crippen LogP contribution in [0.15, 0.2) is 65.8 Å². The first kappa shape index (κ1) is 30.8. The number of aliphatic hydroxyl groups is 1. The molecule has 0 bridgehead atoms. The lowest BCUT2D eigenvalue weighted by molar-refractivity contribution is -0.139. The molecular weight excluding hydrogens is 617 g/mol. The summed E-state index contributed by atoms with van der Waals surface area (Å²) in [5, 5.41) is 17.0. The van der Waals surface area contributed by atoms with Crippen molar-refractivity contribution in [3.63, 3.8) is 0 Å². The molecule has 13 heteroatoms. The van der Waals surface area contributed by atoms with E-state index in [2.05, 4.69) is 22.6 Å². The highest BCUT2D eigenvalue weighted by Crippen LogP contribution is 2.38. The van der Waals surface area contributed by atoms with Crippen LogP contribution in [0.4, 0.5) is 0 Å². The molecule has 2 aliphatic rings. The molecule has 0 aliphatic carbocycles. The van der Waals surface area contributed by atoms with Gasteiger partial charge >= 0.3 is 0 Å². The third-order valence-electron chi connectivity index (χ3n) is 7.32. The van der Waals surface area contributed by atoms with Crippen molar-refractivity contribution in [3.8, 4) is 5.75 Å². The molecule has 2 saturated heterocycles. The average Bonchev–Trinajstić information content (AvgIpc) is 3.57. The highest BCUT2D eigenvalue weighted by atomic mass is 35.5. The molecule has 5 rings (SSSR count). The average molecular weight is 649 g/mol. The number of hydrogen-bond acceptors (Lipinski definition) is 8. The zero-order chi connectivity index (χ0) is 29.9. The Morgan fingerprint density at radius 3 is 2.55 bits per heavy atom. The van der Waals surface area contributed by atoms with Gasteiger partial charge in [0.05, 0.1) is 18.6 Å². The number of thioether (sulfide) groups is 1. The first-order chi connectivity index (χ1) is 20.1. The van der Waals surface area contributed by atoms with Crippen LogP contribution in [0.1, 0.15) is 11.1 Å². The fourth-order valence-electron chi connectivity index (χ4n) is 5.09. The molecule has 222 valence electrons. The lowest BCUT2D eigenvalue weighted by Gasteiger charge is -2.40. The van der Waals surface area contributed by atoms with Gasteiger partial charge in [-0.2, -0.15) is 5.10 Å². The van der Waals surface area contributed by atoms with Crippen LogP contribution in [0.25, 0.3) is 6.08 Å². The van der Waals surface area contributed by atoms with Gasteiger partial charge in [-0.05, 0) is 42.0 Å². The minimum absolute atomic E-state index is 0.0520. The van der Waals surface area contributed by atoms with Crippen molar-refractivity contribution in [1.29, 1.82) is 0 Å². The number of benzene rings is 2. The topological polar surface area (TPSA) is 91.1 Å². The van der Waals surface area contributed by atoms with E-state index in [-0.39, 0.29) is 31.4 Å². The summed E-state index contributed by atoms with van der Waals surface area (Å²) in [5.74, 6) is 0.380. The van der Waals surface area contributed by atoms with Gasteiger partial charge in [-0.3, -0.25) is 19.2 Å². The molecule has 0 radical (unpaired) electrons. The summed E-state index contributed by atoms with van der Waals surface area (Å²) in [7, 11) is 1.60. The summed E-state index contributed by atoms with van der Waals surface area (Å²) in [6.07, 6.45) is 5.25.